The molecule has 0 bridgehead atoms. The third kappa shape index (κ3) is 2.79. The molecule has 2 aromatic carbocycles. The highest BCUT2D eigenvalue weighted by Gasteiger charge is 2.03. The Morgan fingerprint density at radius 2 is 1.71 bits per heavy atom. The summed E-state index contributed by atoms with van der Waals surface area (Å²) in [7, 11) is 0. The number of halogens is 2. The third-order valence-corrected chi connectivity index (χ3v) is 2.03. The summed E-state index contributed by atoms with van der Waals surface area (Å²) in [5.41, 5.74) is 0.149. The lowest BCUT2D eigenvalue weighted by Crippen LogP contribution is -1.88. The summed E-state index contributed by atoms with van der Waals surface area (Å²) in [6.45, 7) is 0. The Labute approximate surface area is 96.7 Å². The van der Waals surface area contributed by atoms with Crippen LogP contribution in [0, 0.1) is 23.0 Å². The van der Waals surface area contributed by atoms with Gasteiger partial charge in [-0.25, -0.2) is 8.78 Å². The number of nitrogens with zero attached hydrogens (tertiary/aromatic N) is 1. The molecule has 0 saturated carbocycles. The lowest BCUT2D eigenvalue weighted by atomic mass is 10.2. The highest BCUT2D eigenvalue weighted by Crippen LogP contribution is 2.23. The van der Waals surface area contributed by atoms with E-state index in [1.54, 1.807) is 6.07 Å². The van der Waals surface area contributed by atoms with Crippen molar-refractivity contribution in [3.05, 3.63) is 59.7 Å². The molecule has 4 heteroatoms. The molecule has 0 N–H and O–H groups in total. The first-order chi connectivity index (χ1) is 8.17. The molecular weight excluding hydrogens is 224 g/mol. The van der Waals surface area contributed by atoms with E-state index in [1.807, 2.05) is 6.07 Å². The number of rotatable bonds is 2. The molecule has 0 aliphatic heterocycles. The number of nitriles is 1. The van der Waals surface area contributed by atoms with Crippen molar-refractivity contribution in [3.8, 4) is 17.6 Å². The van der Waals surface area contributed by atoms with E-state index in [-0.39, 0.29) is 17.1 Å². The third-order valence-electron chi connectivity index (χ3n) is 2.03. The summed E-state index contributed by atoms with van der Waals surface area (Å²) in [5, 5.41) is 8.66. The van der Waals surface area contributed by atoms with E-state index in [2.05, 4.69) is 0 Å². The number of benzene rings is 2. The molecule has 2 rings (SSSR count). The molecule has 17 heavy (non-hydrogen) atoms. The molecule has 0 atom stereocenters. The maximum absolute atomic E-state index is 13.1. The van der Waals surface area contributed by atoms with Crippen molar-refractivity contribution < 1.29 is 13.5 Å². The van der Waals surface area contributed by atoms with Crippen LogP contribution in [0.3, 0.4) is 0 Å². The second-order valence-corrected chi connectivity index (χ2v) is 3.35. The highest BCUT2D eigenvalue weighted by atomic mass is 19.1. The largest absolute Gasteiger partial charge is 0.457 e. The van der Waals surface area contributed by atoms with E-state index < -0.39 is 11.6 Å². The zero-order chi connectivity index (χ0) is 12.3. The minimum Gasteiger partial charge on any atom is -0.457 e. The maximum atomic E-state index is 13.1. The molecule has 0 aliphatic carbocycles. The number of hydrogen-bond donors (Lipinski definition) is 0. The van der Waals surface area contributed by atoms with E-state index in [9.17, 15) is 8.78 Å². The molecule has 0 spiro atoms. The van der Waals surface area contributed by atoms with Gasteiger partial charge in [0, 0.05) is 12.1 Å². The Morgan fingerprint density at radius 1 is 0.941 bits per heavy atom. The van der Waals surface area contributed by atoms with Gasteiger partial charge in [0.15, 0.2) is 0 Å². The van der Waals surface area contributed by atoms with Crippen LogP contribution in [0.4, 0.5) is 8.78 Å². The second kappa shape index (κ2) is 4.62. The summed E-state index contributed by atoms with van der Waals surface area (Å²) in [6, 6.07) is 10.9. The second-order valence-electron chi connectivity index (χ2n) is 3.35. The molecule has 0 radical (unpaired) electrons. The van der Waals surface area contributed by atoms with Crippen LogP contribution in [-0.4, -0.2) is 0 Å². The van der Waals surface area contributed by atoms with E-state index >= 15 is 0 Å². The van der Waals surface area contributed by atoms with Gasteiger partial charge in [0.2, 0.25) is 0 Å². The van der Waals surface area contributed by atoms with Gasteiger partial charge in [-0.3, -0.25) is 0 Å². The van der Waals surface area contributed by atoms with Gasteiger partial charge >= 0.3 is 0 Å². The lowest BCUT2D eigenvalue weighted by molar-refractivity contribution is 0.471. The van der Waals surface area contributed by atoms with Crippen LogP contribution in [-0.2, 0) is 0 Å². The molecule has 0 fully saturated rings. The standard InChI is InChI=1S/C13H7F2NO/c14-10-2-1-3-12(6-10)17-13-5-9(8-16)4-11(15)7-13/h1-7H. The number of hydrogen-bond acceptors (Lipinski definition) is 2. The first kappa shape index (κ1) is 11.1. The fourth-order valence-corrected chi connectivity index (χ4v) is 1.35. The predicted molar refractivity (Wildman–Crippen MR) is 57.6 cm³/mol. The fraction of sp³-hybridized carbons (Fsp3) is 0. The van der Waals surface area contributed by atoms with Crippen LogP contribution in [0.1, 0.15) is 5.56 Å². The summed E-state index contributed by atoms with van der Waals surface area (Å²) >= 11 is 0. The molecular formula is C13H7F2NO. The molecule has 0 amide bonds. The summed E-state index contributed by atoms with van der Waals surface area (Å²) in [6.07, 6.45) is 0. The summed E-state index contributed by atoms with van der Waals surface area (Å²) < 4.78 is 31.2. The molecule has 84 valence electrons. The van der Waals surface area contributed by atoms with Crippen molar-refractivity contribution in [1.82, 2.24) is 0 Å². The van der Waals surface area contributed by atoms with Crippen molar-refractivity contribution in [1.29, 1.82) is 5.26 Å². The monoisotopic (exact) mass is 231 g/mol. The molecule has 0 heterocycles. The smallest absolute Gasteiger partial charge is 0.131 e. The van der Waals surface area contributed by atoms with Crippen molar-refractivity contribution in [2.24, 2.45) is 0 Å². The average Bonchev–Trinajstić information content (AvgIpc) is 2.28. The zero-order valence-corrected chi connectivity index (χ0v) is 8.65. The Morgan fingerprint density at radius 3 is 2.41 bits per heavy atom. The Balaban J connectivity index is 2.30. The quantitative estimate of drug-likeness (QED) is 0.790. The van der Waals surface area contributed by atoms with Crippen molar-refractivity contribution in [2.45, 2.75) is 0 Å². The fourth-order valence-electron chi connectivity index (χ4n) is 1.35. The van der Waals surface area contributed by atoms with Gasteiger partial charge in [-0.15, -0.1) is 0 Å². The Kier molecular flexibility index (Phi) is 3.01. The average molecular weight is 231 g/mol. The van der Waals surface area contributed by atoms with Crippen LogP contribution in [0.15, 0.2) is 42.5 Å². The Hall–Kier alpha value is -2.41. The Bertz CT molecular complexity index is 590. The first-order valence-electron chi connectivity index (χ1n) is 4.81. The topological polar surface area (TPSA) is 33.0 Å². The summed E-state index contributed by atoms with van der Waals surface area (Å²) in [5.74, 6) is -0.610. The molecule has 0 aromatic heterocycles. The minimum absolute atomic E-state index is 0.149. The predicted octanol–water partition coefficient (Wildman–Crippen LogP) is 3.63. The van der Waals surface area contributed by atoms with Crippen molar-refractivity contribution in [2.75, 3.05) is 0 Å². The van der Waals surface area contributed by atoms with Gasteiger partial charge in [0.1, 0.15) is 23.1 Å². The molecule has 0 saturated heterocycles. The maximum Gasteiger partial charge on any atom is 0.131 e. The van der Waals surface area contributed by atoms with Crippen molar-refractivity contribution in [3.63, 3.8) is 0 Å². The van der Waals surface area contributed by atoms with Crippen LogP contribution in [0.25, 0.3) is 0 Å². The molecule has 0 aliphatic rings. The SMILES string of the molecule is N#Cc1cc(F)cc(Oc2cccc(F)c2)c1. The highest BCUT2D eigenvalue weighted by molar-refractivity contribution is 5.39. The van der Waals surface area contributed by atoms with Crippen LogP contribution < -0.4 is 4.74 Å². The molecule has 2 aromatic rings. The van der Waals surface area contributed by atoms with E-state index in [0.29, 0.717) is 0 Å². The van der Waals surface area contributed by atoms with E-state index in [0.717, 1.165) is 12.1 Å². The van der Waals surface area contributed by atoms with Gasteiger partial charge < -0.3 is 4.74 Å². The van der Waals surface area contributed by atoms with E-state index in [4.69, 9.17) is 10.00 Å². The molecule has 0 unspecified atom stereocenters. The number of ether oxygens (including phenoxy) is 1. The van der Waals surface area contributed by atoms with E-state index in [1.165, 1.54) is 24.3 Å². The van der Waals surface area contributed by atoms with Gasteiger partial charge in [-0.05, 0) is 24.3 Å². The minimum atomic E-state index is -0.574. The van der Waals surface area contributed by atoms with Crippen LogP contribution in [0.5, 0.6) is 11.5 Å². The van der Waals surface area contributed by atoms with Gasteiger partial charge in [-0.1, -0.05) is 6.07 Å². The van der Waals surface area contributed by atoms with Crippen molar-refractivity contribution >= 4 is 0 Å². The van der Waals surface area contributed by atoms with Gasteiger partial charge in [0.05, 0.1) is 11.6 Å². The van der Waals surface area contributed by atoms with Gasteiger partial charge in [-0.2, -0.15) is 5.26 Å². The molecule has 2 nitrogen and oxygen atoms in total. The summed E-state index contributed by atoms with van der Waals surface area (Å²) in [4.78, 5) is 0. The lowest BCUT2D eigenvalue weighted by Gasteiger charge is -2.05. The first-order valence-corrected chi connectivity index (χ1v) is 4.81. The van der Waals surface area contributed by atoms with Crippen LogP contribution >= 0.6 is 0 Å². The normalized spacial score (nSPS) is 9.71. The zero-order valence-electron chi connectivity index (χ0n) is 8.65. The van der Waals surface area contributed by atoms with Crippen LogP contribution in [0.2, 0.25) is 0 Å². The van der Waals surface area contributed by atoms with Gasteiger partial charge in [0.25, 0.3) is 0 Å².